The van der Waals surface area contributed by atoms with Crippen molar-refractivity contribution in [1.82, 2.24) is 15.1 Å². The van der Waals surface area contributed by atoms with Gasteiger partial charge in [-0.05, 0) is 60.7 Å². The first-order valence-electron chi connectivity index (χ1n) is 8.57. The van der Waals surface area contributed by atoms with Crippen molar-refractivity contribution in [3.05, 3.63) is 59.8 Å². The molecule has 1 N–H and O–H groups in total. The van der Waals surface area contributed by atoms with Crippen LogP contribution in [0.1, 0.15) is 17.5 Å². The van der Waals surface area contributed by atoms with Crippen LogP contribution in [0.2, 0.25) is 0 Å². The minimum Gasteiger partial charge on any atom is -0.497 e. The predicted octanol–water partition coefficient (Wildman–Crippen LogP) is 3.64. The summed E-state index contributed by atoms with van der Waals surface area (Å²) in [5.74, 6) is 1.67. The molecule has 0 unspecified atom stereocenters. The number of H-pyrrole nitrogens is 1. The normalized spacial score (nSPS) is 18.3. The first-order chi connectivity index (χ1) is 11.8. The zero-order valence-electron chi connectivity index (χ0n) is 14.0. The minimum atomic E-state index is 0.743. The molecule has 2 aromatic carbocycles. The molecule has 1 aliphatic heterocycles. The fourth-order valence-corrected chi connectivity index (χ4v) is 3.66. The Hall–Kier alpha value is -2.33. The lowest BCUT2D eigenvalue weighted by atomic mass is 9.98. The van der Waals surface area contributed by atoms with E-state index in [1.165, 1.54) is 36.0 Å². The van der Waals surface area contributed by atoms with Crippen LogP contribution in [0.3, 0.4) is 0 Å². The molecule has 24 heavy (non-hydrogen) atoms. The highest BCUT2D eigenvalue weighted by atomic mass is 16.5. The van der Waals surface area contributed by atoms with Crippen LogP contribution in [0.5, 0.6) is 5.75 Å². The molecule has 0 aliphatic carbocycles. The number of methoxy groups -OCH3 is 1. The summed E-state index contributed by atoms with van der Waals surface area (Å²) in [6, 6.07) is 15.1. The van der Waals surface area contributed by atoms with Gasteiger partial charge in [0.2, 0.25) is 0 Å². The van der Waals surface area contributed by atoms with Gasteiger partial charge in [0.15, 0.2) is 0 Å². The molecular formula is C20H23N3O. The van der Waals surface area contributed by atoms with Crippen molar-refractivity contribution < 1.29 is 4.74 Å². The molecule has 1 aliphatic rings. The van der Waals surface area contributed by atoms with Gasteiger partial charge in [-0.15, -0.1) is 0 Å². The minimum absolute atomic E-state index is 0.743. The maximum atomic E-state index is 5.23. The molecule has 0 saturated carbocycles. The van der Waals surface area contributed by atoms with Crippen LogP contribution in [-0.4, -0.2) is 35.3 Å². The number of aromatic nitrogens is 2. The molecule has 1 saturated heterocycles. The maximum Gasteiger partial charge on any atom is 0.118 e. The van der Waals surface area contributed by atoms with Crippen molar-refractivity contribution in [2.24, 2.45) is 5.92 Å². The van der Waals surface area contributed by atoms with E-state index in [1.807, 2.05) is 18.3 Å². The summed E-state index contributed by atoms with van der Waals surface area (Å²) in [4.78, 5) is 2.56. The third-order valence-corrected chi connectivity index (χ3v) is 4.96. The summed E-state index contributed by atoms with van der Waals surface area (Å²) < 4.78 is 5.23. The summed E-state index contributed by atoms with van der Waals surface area (Å²) in [6.45, 7) is 3.39. The molecule has 4 rings (SSSR count). The molecular weight excluding hydrogens is 298 g/mol. The summed E-state index contributed by atoms with van der Waals surface area (Å²) in [5.41, 5.74) is 3.89. The smallest absolute Gasteiger partial charge is 0.118 e. The molecule has 3 aromatic rings. The van der Waals surface area contributed by atoms with Gasteiger partial charge in [-0.25, -0.2) is 0 Å². The lowest BCUT2D eigenvalue weighted by Gasteiger charge is -2.16. The third kappa shape index (κ3) is 3.29. The zero-order valence-corrected chi connectivity index (χ0v) is 14.0. The van der Waals surface area contributed by atoms with Crippen molar-refractivity contribution in [2.75, 3.05) is 20.2 Å². The Labute approximate surface area is 142 Å². The van der Waals surface area contributed by atoms with E-state index in [0.29, 0.717) is 0 Å². The number of nitrogens with zero attached hydrogens (tertiary/aromatic N) is 2. The molecule has 2 heterocycles. The van der Waals surface area contributed by atoms with Gasteiger partial charge in [0.25, 0.3) is 0 Å². The second kappa shape index (κ2) is 6.65. The fourth-order valence-electron chi connectivity index (χ4n) is 3.66. The first kappa shape index (κ1) is 15.2. The van der Waals surface area contributed by atoms with E-state index in [0.717, 1.165) is 30.1 Å². The van der Waals surface area contributed by atoms with Crippen LogP contribution < -0.4 is 4.74 Å². The molecule has 0 radical (unpaired) electrons. The van der Waals surface area contributed by atoms with Gasteiger partial charge >= 0.3 is 0 Å². The van der Waals surface area contributed by atoms with Crippen molar-refractivity contribution >= 4 is 10.9 Å². The summed E-state index contributed by atoms with van der Waals surface area (Å²) in [7, 11) is 1.71. The van der Waals surface area contributed by atoms with Crippen LogP contribution in [0.25, 0.3) is 10.9 Å². The van der Waals surface area contributed by atoms with Gasteiger partial charge in [-0.3, -0.25) is 10.00 Å². The lowest BCUT2D eigenvalue weighted by Crippen LogP contribution is -2.20. The summed E-state index contributed by atoms with van der Waals surface area (Å²) in [5, 5.41) is 8.33. The van der Waals surface area contributed by atoms with E-state index in [-0.39, 0.29) is 0 Å². The Kier molecular flexibility index (Phi) is 4.22. The fraction of sp³-hybridized carbons (Fsp3) is 0.350. The second-order valence-corrected chi connectivity index (χ2v) is 6.73. The molecule has 1 fully saturated rings. The van der Waals surface area contributed by atoms with Crippen molar-refractivity contribution in [2.45, 2.75) is 19.4 Å². The number of hydrogen-bond donors (Lipinski definition) is 1. The van der Waals surface area contributed by atoms with Crippen LogP contribution in [0.15, 0.2) is 48.7 Å². The molecule has 1 atom stereocenters. The molecule has 1 aromatic heterocycles. The highest BCUT2D eigenvalue weighted by Crippen LogP contribution is 2.24. The van der Waals surface area contributed by atoms with E-state index in [4.69, 9.17) is 4.74 Å². The van der Waals surface area contributed by atoms with Crippen LogP contribution in [0.4, 0.5) is 0 Å². The van der Waals surface area contributed by atoms with Crippen molar-refractivity contribution in [3.8, 4) is 5.75 Å². The standard InChI is InChI=1S/C20H23N3O/c1-24-19-5-2-15(3-6-19)13-23-9-8-17(14-23)10-16-4-7-20-18(11-16)12-21-22-20/h2-7,11-12,17H,8-10,13-14H2,1H3,(H,21,22)/t17-/m0/s1. The van der Waals surface area contributed by atoms with Crippen LogP contribution in [-0.2, 0) is 13.0 Å². The Morgan fingerprint density at radius 2 is 2.00 bits per heavy atom. The molecule has 0 spiro atoms. The van der Waals surface area contributed by atoms with Crippen LogP contribution >= 0.6 is 0 Å². The average Bonchev–Trinajstić information content (AvgIpc) is 3.24. The number of ether oxygens (including phenoxy) is 1. The maximum absolute atomic E-state index is 5.23. The lowest BCUT2D eigenvalue weighted by molar-refractivity contribution is 0.316. The number of hydrogen-bond acceptors (Lipinski definition) is 3. The number of benzene rings is 2. The van der Waals surface area contributed by atoms with Gasteiger partial charge in [0.1, 0.15) is 5.75 Å². The SMILES string of the molecule is COc1ccc(CN2CC[C@@H](Cc3ccc4[nH]ncc4c3)C2)cc1. The predicted molar refractivity (Wildman–Crippen MR) is 96.2 cm³/mol. The first-order valence-corrected chi connectivity index (χ1v) is 8.57. The number of aromatic amines is 1. The summed E-state index contributed by atoms with van der Waals surface area (Å²) in [6.07, 6.45) is 4.34. The summed E-state index contributed by atoms with van der Waals surface area (Å²) >= 11 is 0. The van der Waals surface area contributed by atoms with Crippen LogP contribution in [0, 0.1) is 5.92 Å². The quantitative estimate of drug-likeness (QED) is 0.780. The van der Waals surface area contributed by atoms with Gasteiger partial charge in [-0.1, -0.05) is 18.2 Å². The van der Waals surface area contributed by atoms with E-state index in [9.17, 15) is 0 Å². The Morgan fingerprint density at radius 3 is 2.83 bits per heavy atom. The topological polar surface area (TPSA) is 41.1 Å². The molecule has 0 amide bonds. The van der Waals surface area contributed by atoms with E-state index in [2.05, 4.69) is 45.4 Å². The number of nitrogens with one attached hydrogen (secondary N) is 1. The largest absolute Gasteiger partial charge is 0.497 e. The van der Waals surface area contributed by atoms with E-state index >= 15 is 0 Å². The Bertz CT molecular complexity index is 809. The van der Waals surface area contributed by atoms with E-state index in [1.54, 1.807) is 7.11 Å². The molecule has 124 valence electrons. The van der Waals surface area contributed by atoms with Gasteiger partial charge in [0, 0.05) is 18.5 Å². The van der Waals surface area contributed by atoms with Gasteiger partial charge in [0.05, 0.1) is 18.8 Å². The van der Waals surface area contributed by atoms with Gasteiger partial charge in [-0.2, -0.15) is 5.10 Å². The van der Waals surface area contributed by atoms with E-state index < -0.39 is 0 Å². The number of rotatable bonds is 5. The Balaban J connectivity index is 1.35. The average molecular weight is 321 g/mol. The monoisotopic (exact) mass is 321 g/mol. The molecule has 4 nitrogen and oxygen atoms in total. The number of likely N-dealkylation sites (tertiary alicyclic amines) is 1. The molecule has 0 bridgehead atoms. The number of fused-ring (bicyclic) bond motifs is 1. The Morgan fingerprint density at radius 1 is 1.17 bits per heavy atom. The van der Waals surface area contributed by atoms with Gasteiger partial charge < -0.3 is 4.74 Å². The van der Waals surface area contributed by atoms with Crippen molar-refractivity contribution in [3.63, 3.8) is 0 Å². The highest BCUT2D eigenvalue weighted by molar-refractivity contribution is 5.78. The second-order valence-electron chi connectivity index (χ2n) is 6.73. The molecule has 4 heteroatoms. The highest BCUT2D eigenvalue weighted by Gasteiger charge is 2.22. The third-order valence-electron chi connectivity index (χ3n) is 4.96. The zero-order chi connectivity index (χ0) is 16.4. The van der Waals surface area contributed by atoms with Crippen molar-refractivity contribution in [1.29, 1.82) is 0 Å².